The highest BCUT2D eigenvalue weighted by molar-refractivity contribution is 5.79. The number of fused-ring (bicyclic) bond motifs is 1. The molecular weight excluding hydrogens is 186 g/mol. The van der Waals surface area contributed by atoms with Crippen molar-refractivity contribution in [2.75, 3.05) is 20.6 Å². The van der Waals surface area contributed by atoms with Crippen molar-refractivity contribution < 1.29 is 0 Å². The lowest BCUT2D eigenvalue weighted by atomic mass is 9.78. The van der Waals surface area contributed by atoms with Gasteiger partial charge in [-0.25, -0.2) is 0 Å². The van der Waals surface area contributed by atoms with Crippen LogP contribution in [0.2, 0.25) is 0 Å². The lowest BCUT2D eigenvalue weighted by Gasteiger charge is -2.30. The van der Waals surface area contributed by atoms with Crippen molar-refractivity contribution in [2.24, 2.45) is 4.99 Å². The third kappa shape index (κ3) is 1.96. The van der Waals surface area contributed by atoms with Gasteiger partial charge in [-0.3, -0.25) is 4.99 Å². The summed E-state index contributed by atoms with van der Waals surface area (Å²) in [7, 11) is 3.66. The van der Waals surface area contributed by atoms with Crippen molar-refractivity contribution >= 4 is 5.96 Å². The van der Waals surface area contributed by atoms with Crippen LogP contribution in [0.3, 0.4) is 0 Å². The molecule has 0 amide bonds. The summed E-state index contributed by atoms with van der Waals surface area (Å²) >= 11 is 0. The number of hydrogen-bond acceptors (Lipinski definition) is 1. The zero-order valence-corrected chi connectivity index (χ0v) is 9.25. The fourth-order valence-electron chi connectivity index (χ4n) is 2.04. The van der Waals surface area contributed by atoms with Gasteiger partial charge in [0.15, 0.2) is 5.96 Å². The third-order valence-corrected chi connectivity index (χ3v) is 2.94. The summed E-state index contributed by atoms with van der Waals surface area (Å²) in [4.78, 5) is 4.09. The second-order valence-corrected chi connectivity index (χ2v) is 3.80. The fourth-order valence-corrected chi connectivity index (χ4v) is 2.04. The van der Waals surface area contributed by atoms with Gasteiger partial charge >= 0.3 is 0 Å². The number of hydrogen-bond donors (Lipinski definition) is 2. The number of nitrogens with one attached hydrogen (secondary N) is 2. The Balaban J connectivity index is 1.90. The van der Waals surface area contributed by atoms with Crippen LogP contribution >= 0.6 is 0 Å². The molecule has 3 nitrogen and oxygen atoms in total. The topological polar surface area (TPSA) is 36.4 Å². The van der Waals surface area contributed by atoms with Crippen LogP contribution in [0.4, 0.5) is 0 Å². The van der Waals surface area contributed by atoms with E-state index in [-0.39, 0.29) is 0 Å². The van der Waals surface area contributed by atoms with Gasteiger partial charge in [0.05, 0.1) is 0 Å². The standard InChI is InChI=1S/C12H17N3/c1-13-12(14-2)15-8-10-7-9-5-3-4-6-11(9)10/h3-6,10H,7-8H2,1-2H3,(H2,13,14,15). The minimum atomic E-state index is 0.645. The smallest absolute Gasteiger partial charge is 0.190 e. The highest BCUT2D eigenvalue weighted by Crippen LogP contribution is 2.33. The number of rotatable bonds is 2. The van der Waals surface area contributed by atoms with E-state index in [4.69, 9.17) is 0 Å². The molecule has 0 radical (unpaired) electrons. The molecule has 1 aromatic carbocycles. The van der Waals surface area contributed by atoms with E-state index in [2.05, 4.69) is 39.9 Å². The predicted octanol–water partition coefficient (Wildman–Crippen LogP) is 1.12. The normalized spacial score (nSPS) is 19.1. The van der Waals surface area contributed by atoms with Crippen molar-refractivity contribution in [1.82, 2.24) is 10.6 Å². The van der Waals surface area contributed by atoms with Crippen molar-refractivity contribution in [2.45, 2.75) is 12.3 Å². The average Bonchev–Trinajstić information content (AvgIpc) is 2.25. The lowest BCUT2D eigenvalue weighted by molar-refractivity contribution is 0.586. The highest BCUT2D eigenvalue weighted by Gasteiger charge is 2.24. The third-order valence-electron chi connectivity index (χ3n) is 2.94. The van der Waals surface area contributed by atoms with Crippen LogP contribution in [0.5, 0.6) is 0 Å². The Morgan fingerprint density at radius 3 is 2.93 bits per heavy atom. The van der Waals surface area contributed by atoms with Gasteiger partial charge in [-0.2, -0.15) is 0 Å². The summed E-state index contributed by atoms with van der Waals surface area (Å²) in [5.74, 6) is 1.51. The lowest BCUT2D eigenvalue weighted by Crippen LogP contribution is -2.39. The van der Waals surface area contributed by atoms with Crippen molar-refractivity contribution in [3.63, 3.8) is 0 Å². The van der Waals surface area contributed by atoms with E-state index in [1.165, 1.54) is 17.5 Å². The van der Waals surface area contributed by atoms with Crippen molar-refractivity contribution in [3.8, 4) is 0 Å². The quantitative estimate of drug-likeness (QED) is 0.558. The summed E-state index contributed by atoms with van der Waals surface area (Å²) in [6.45, 7) is 0.963. The van der Waals surface area contributed by atoms with Crippen LogP contribution in [-0.4, -0.2) is 26.6 Å². The van der Waals surface area contributed by atoms with E-state index in [1.807, 2.05) is 7.05 Å². The van der Waals surface area contributed by atoms with Crippen molar-refractivity contribution in [3.05, 3.63) is 35.4 Å². The molecule has 15 heavy (non-hydrogen) atoms. The molecule has 3 heteroatoms. The van der Waals surface area contributed by atoms with Gasteiger partial charge in [-0.15, -0.1) is 0 Å². The number of guanidine groups is 1. The van der Waals surface area contributed by atoms with Crippen LogP contribution in [0.1, 0.15) is 17.0 Å². The average molecular weight is 203 g/mol. The monoisotopic (exact) mass is 203 g/mol. The molecule has 0 bridgehead atoms. The molecule has 2 N–H and O–H groups in total. The molecule has 0 fully saturated rings. The molecule has 1 aliphatic rings. The number of aliphatic imine (C=N–C) groups is 1. The summed E-state index contributed by atoms with van der Waals surface area (Å²) < 4.78 is 0. The highest BCUT2D eigenvalue weighted by atomic mass is 15.1. The Hall–Kier alpha value is -1.51. The summed E-state index contributed by atoms with van der Waals surface area (Å²) in [6.07, 6.45) is 1.18. The molecule has 2 rings (SSSR count). The first-order chi connectivity index (χ1) is 7.35. The maximum Gasteiger partial charge on any atom is 0.190 e. The summed E-state index contributed by atoms with van der Waals surface area (Å²) in [5, 5.41) is 6.32. The van der Waals surface area contributed by atoms with E-state index in [1.54, 1.807) is 7.05 Å². The molecule has 1 aliphatic carbocycles. The van der Waals surface area contributed by atoms with E-state index in [0.29, 0.717) is 5.92 Å². The molecule has 0 saturated carbocycles. The van der Waals surface area contributed by atoms with E-state index >= 15 is 0 Å². The maximum atomic E-state index is 4.09. The van der Waals surface area contributed by atoms with Gasteiger partial charge in [0, 0.05) is 26.6 Å². The molecule has 1 aromatic rings. The molecule has 0 saturated heterocycles. The minimum Gasteiger partial charge on any atom is -0.359 e. The largest absolute Gasteiger partial charge is 0.359 e. The molecule has 0 heterocycles. The first kappa shape index (κ1) is 10.0. The van der Waals surface area contributed by atoms with Crippen molar-refractivity contribution in [1.29, 1.82) is 0 Å². The van der Waals surface area contributed by atoms with Gasteiger partial charge < -0.3 is 10.6 Å². The number of benzene rings is 1. The van der Waals surface area contributed by atoms with E-state index in [9.17, 15) is 0 Å². The Labute approximate surface area is 90.6 Å². The molecule has 0 aromatic heterocycles. The predicted molar refractivity (Wildman–Crippen MR) is 63.3 cm³/mol. The van der Waals surface area contributed by atoms with Crippen LogP contribution in [-0.2, 0) is 6.42 Å². The fraction of sp³-hybridized carbons (Fsp3) is 0.417. The van der Waals surface area contributed by atoms with Gasteiger partial charge in [0.1, 0.15) is 0 Å². The number of nitrogens with zero attached hydrogens (tertiary/aromatic N) is 1. The van der Waals surface area contributed by atoms with Crippen LogP contribution in [0, 0.1) is 0 Å². The molecule has 80 valence electrons. The maximum absolute atomic E-state index is 4.09. The first-order valence-corrected chi connectivity index (χ1v) is 5.31. The van der Waals surface area contributed by atoms with Crippen LogP contribution in [0.15, 0.2) is 29.3 Å². The second-order valence-electron chi connectivity index (χ2n) is 3.80. The zero-order valence-electron chi connectivity index (χ0n) is 9.25. The molecular formula is C12H17N3. The Morgan fingerprint density at radius 2 is 2.27 bits per heavy atom. The molecule has 0 aliphatic heterocycles. The van der Waals surface area contributed by atoms with Crippen LogP contribution in [0.25, 0.3) is 0 Å². The Kier molecular flexibility index (Phi) is 2.90. The Bertz CT molecular complexity index is 371. The molecule has 1 atom stereocenters. The van der Waals surface area contributed by atoms with Gasteiger partial charge in [-0.1, -0.05) is 24.3 Å². The minimum absolute atomic E-state index is 0.645. The van der Waals surface area contributed by atoms with E-state index in [0.717, 1.165) is 12.5 Å². The first-order valence-electron chi connectivity index (χ1n) is 5.31. The summed E-state index contributed by atoms with van der Waals surface area (Å²) in [5.41, 5.74) is 2.97. The van der Waals surface area contributed by atoms with Gasteiger partial charge in [0.2, 0.25) is 0 Å². The Morgan fingerprint density at radius 1 is 1.47 bits per heavy atom. The zero-order chi connectivity index (χ0) is 10.7. The van der Waals surface area contributed by atoms with Gasteiger partial charge in [0.25, 0.3) is 0 Å². The second kappa shape index (κ2) is 4.34. The van der Waals surface area contributed by atoms with E-state index < -0.39 is 0 Å². The van der Waals surface area contributed by atoms with Gasteiger partial charge in [-0.05, 0) is 17.5 Å². The van der Waals surface area contributed by atoms with Crippen LogP contribution < -0.4 is 10.6 Å². The molecule has 0 spiro atoms. The SMILES string of the molecule is CN=C(NC)NCC1Cc2ccccc21. The molecule has 1 unspecified atom stereocenters. The summed E-state index contributed by atoms with van der Waals surface area (Å²) in [6, 6.07) is 8.64.